The molecule has 1 aliphatic carbocycles. The largest absolute Gasteiger partial charge is 0.392 e. The van der Waals surface area contributed by atoms with Gasteiger partial charge in [0, 0.05) is 5.56 Å². The normalized spacial score (nSPS) is 19.6. The summed E-state index contributed by atoms with van der Waals surface area (Å²) in [6, 6.07) is 2.24. The van der Waals surface area contributed by atoms with Gasteiger partial charge in [0.25, 0.3) is 0 Å². The molecular formula is C18H24O. The van der Waals surface area contributed by atoms with Crippen molar-refractivity contribution in [1.29, 1.82) is 0 Å². The van der Waals surface area contributed by atoms with E-state index in [1.54, 1.807) is 0 Å². The topological polar surface area (TPSA) is 20.2 Å². The quantitative estimate of drug-likeness (QED) is 0.757. The number of rotatable bonds is 1. The van der Waals surface area contributed by atoms with E-state index in [-0.39, 0.29) is 17.4 Å². The lowest BCUT2D eigenvalue weighted by Gasteiger charge is -2.43. The highest BCUT2D eigenvalue weighted by Gasteiger charge is 2.39. The molecule has 1 nitrogen and oxygen atoms in total. The van der Waals surface area contributed by atoms with Gasteiger partial charge >= 0.3 is 0 Å². The van der Waals surface area contributed by atoms with E-state index >= 15 is 0 Å². The lowest BCUT2D eigenvalue weighted by Crippen LogP contribution is -2.35. The summed E-state index contributed by atoms with van der Waals surface area (Å²) in [5.74, 6) is 2.85. The van der Waals surface area contributed by atoms with Crippen LogP contribution in [0.4, 0.5) is 0 Å². The van der Waals surface area contributed by atoms with Gasteiger partial charge in [0.1, 0.15) is 0 Å². The molecule has 0 fully saturated rings. The summed E-state index contributed by atoms with van der Waals surface area (Å²) < 4.78 is 0. The van der Waals surface area contributed by atoms with Crippen LogP contribution in [0, 0.1) is 19.3 Å². The number of aliphatic hydroxyl groups excluding tert-OH is 1. The first-order chi connectivity index (χ1) is 8.74. The molecule has 0 spiro atoms. The zero-order chi connectivity index (χ0) is 14.4. The highest BCUT2D eigenvalue weighted by atomic mass is 16.3. The van der Waals surface area contributed by atoms with Crippen molar-refractivity contribution in [1.82, 2.24) is 0 Å². The Balaban J connectivity index is 2.89. The maximum absolute atomic E-state index is 9.64. The molecule has 2 rings (SSSR count). The number of aliphatic hydroxyl groups is 1. The molecule has 0 saturated carbocycles. The van der Waals surface area contributed by atoms with E-state index in [1.807, 2.05) is 6.92 Å². The summed E-state index contributed by atoms with van der Waals surface area (Å²) in [4.78, 5) is 0. The molecule has 1 aliphatic rings. The molecule has 1 N–H and O–H groups in total. The smallest absolute Gasteiger partial charge is 0.0696 e. The Morgan fingerprint density at radius 2 is 1.79 bits per heavy atom. The molecule has 0 unspecified atom stereocenters. The molecule has 1 aromatic carbocycles. The van der Waals surface area contributed by atoms with Gasteiger partial charge in [0.2, 0.25) is 0 Å². The van der Waals surface area contributed by atoms with Gasteiger partial charge in [-0.2, -0.15) is 0 Å². The molecule has 102 valence electrons. The average molecular weight is 256 g/mol. The third-order valence-electron chi connectivity index (χ3n) is 4.74. The van der Waals surface area contributed by atoms with Crippen molar-refractivity contribution in [2.75, 3.05) is 0 Å². The van der Waals surface area contributed by atoms with Crippen molar-refractivity contribution < 1.29 is 5.11 Å². The van der Waals surface area contributed by atoms with Crippen LogP contribution in [0.2, 0.25) is 0 Å². The van der Waals surface area contributed by atoms with Gasteiger partial charge in [0.05, 0.1) is 6.61 Å². The number of fused-ring (bicyclic) bond motifs is 1. The standard InChI is InChI=1S/C18H24O/c1-7-13-14(11-19)12(2)10-15-16(13)18(5,6)9-8-17(15,3)4/h1,10,19H,8-9,11H2,2-6H3. The fraction of sp³-hybridized carbons (Fsp3) is 0.556. The second-order valence-corrected chi connectivity index (χ2v) is 7.04. The van der Waals surface area contributed by atoms with Crippen LogP contribution in [0.1, 0.15) is 68.4 Å². The van der Waals surface area contributed by atoms with E-state index < -0.39 is 0 Å². The SMILES string of the molecule is C#Cc1c(CO)c(C)cc2c1C(C)(C)CCC2(C)C. The molecule has 0 amide bonds. The summed E-state index contributed by atoms with van der Waals surface area (Å²) in [5, 5.41) is 9.64. The van der Waals surface area contributed by atoms with Crippen LogP contribution in [-0.2, 0) is 17.4 Å². The van der Waals surface area contributed by atoms with E-state index in [0.29, 0.717) is 0 Å². The molecule has 1 heteroatoms. The predicted molar refractivity (Wildman–Crippen MR) is 80.3 cm³/mol. The Labute approximate surface area is 117 Å². The van der Waals surface area contributed by atoms with Crippen molar-refractivity contribution in [2.24, 2.45) is 0 Å². The first-order valence-electron chi connectivity index (χ1n) is 6.99. The second-order valence-electron chi connectivity index (χ2n) is 7.04. The molecule has 0 bridgehead atoms. The zero-order valence-electron chi connectivity index (χ0n) is 12.7. The van der Waals surface area contributed by atoms with E-state index in [9.17, 15) is 5.11 Å². The number of hydrogen-bond acceptors (Lipinski definition) is 1. The zero-order valence-corrected chi connectivity index (χ0v) is 12.7. The molecular weight excluding hydrogens is 232 g/mol. The van der Waals surface area contributed by atoms with Gasteiger partial charge in [-0.3, -0.25) is 0 Å². The lowest BCUT2D eigenvalue weighted by atomic mass is 9.61. The van der Waals surface area contributed by atoms with Crippen molar-refractivity contribution in [2.45, 2.75) is 64.9 Å². The molecule has 0 heterocycles. The average Bonchev–Trinajstić information content (AvgIpc) is 2.33. The molecule has 1 aromatic rings. The van der Waals surface area contributed by atoms with Crippen molar-refractivity contribution in [3.05, 3.63) is 33.9 Å². The Hall–Kier alpha value is -1.26. The first-order valence-corrected chi connectivity index (χ1v) is 6.99. The van der Waals surface area contributed by atoms with Crippen LogP contribution >= 0.6 is 0 Å². The molecule has 19 heavy (non-hydrogen) atoms. The van der Waals surface area contributed by atoms with Crippen LogP contribution in [0.3, 0.4) is 0 Å². The van der Waals surface area contributed by atoms with Crippen molar-refractivity contribution in [3.63, 3.8) is 0 Å². The summed E-state index contributed by atoms with van der Waals surface area (Å²) in [6.45, 7) is 11.2. The molecule has 0 atom stereocenters. The summed E-state index contributed by atoms with van der Waals surface area (Å²) in [7, 11) is 0. The van der Waals surface area contributed by atoms with E-state index in [1.165, 1.54) is 17.5 Å². The van der Waals surface area contributed by atoms with Crippen molar-refractivity contribution in [3.8, 4) is 12.3 Å². The minimum atomic E-state index is 0.0230. The van der Waals surface area contributed by atoms with Crippen LogP contribution in [0.5, 0.6) is 0 Å². The van der Waals surface area contributed by atoms with Gasteiger partial charge in [0.15, 0.2) is 0 Å². The first kappa shape index (κ1) is 14.2. The Kier molecular flexibility index (Phi) is 3.27. The highest BCUT2D eigenvalue weighted by Crippen LogP contribution is 2.48. The molecule has 0 aliphatic heterocycles. The molecule has 0 aromatic heterocycles. The van der Waals surface area contributed by atoms with Crippen LogP contribution < -0.4 is 0 Å². The second kappa shape index (κ2) is 4.39. The Morgan fingerprint density at radius 1 is 1.21 bits per heavy atom. The lowest BCUT2D eigenvalue weighted by molar-refractivity contribution is 0.278. The van der Waals surface area contributed by atoms with Gasteiger partial charge in [-0.05, 0) is 52.8 Å². The van der Waals surface area contributed by atoms with E-state index in [2.05, 4.69) is 39.7 Å². The van der Waals surface area contributed by atoms with Gasteiger partial charge in [-0.25, -0.2) is 0 Å². The minimum Gasteiger partial charge on any atom is -0.392 e. The Bertz CT molecular complexity index is 556. The predicted octanol–water partition coefficient (Wildman–Crippen LogP) is 3.82. The summed E-state index contributed by atoms with van der Waals surface area (Å²) in [6.07, 6.45) is 8.08. The van der Waals surface area contributed by atoms with Gasteiger partial charge in [-0.1, -0.05) is 39.7 Å². The summed E-state index contributed by atoms with van der Waals surface area (Å²) >= 11 is 0. The Morgan fingerprint density at radius 3 is 2.32 bits per heavy atom. The number of aryl methyl sites for hydroxylation is 1. The molecule has 0 saturated heterocycles. The minimum absolute atomic E-state index is 0.0230. The van der Waals surface area contributed by atoms with E-state index in [0.717, 1.165) is 23.1 Å². The van der Waals surface area contributed by atoms with Crippen LogP contribution in [-0.4, -0.2) is 5.11 Å². The maximum atomic E-state index is 9.64. The third kappa shape index (κ3) is 2.09. The fourth-order valence-corrected chi connectivity index (χ4v) is 3.34. The third-order valence-corrected chi connectivity index (χ3v) is 4.74. The van der Waals surface area contributed by atoms with Gasteiger partial charge in [-0.15, -0.1) is 6.42 Å². The number of benzene rings is 1. The summed E-state index contributed by atoms with van der Waals surface area (Å²) in [5.41, 5.74) is 5.86. The van der Waals surface area contributed by atoms with Crippen LogP contribution in [0.25, 0.3) is 0 Å². The van der Waals surface area contributed by atoms with E-state index in [4.69, 9.17) is 6.42 Å². The number of terminal acetylenes is 1. The molecule has 0 radical (unpaired) electrons. The maximum Gasteiger partial charge on any atom is 0.0696 e. The number of hydrogen-bond donors (Lipinski definition) is 1. The highest BCUT2D eigenvalue weighted by molar-refractivity contribution is 5.58. The van der Waals surface area contributed by atoms with Gasteiger partial charge < -0.3 is 5.11 Å². The van der Waals surface area contributed by atoms with Crippen molar-refractivity contribution >= 4 is 0 Å². The monoisotopic (exact) mass is 256 g/mol. The fourth-order valence-electron chi connectivity index (χ4n) is 3.34. The van der Waals surface area contributed by atoms with Crippen LogP contribution in [0.15, 0.2) is 6.07 Å².